The highest BCUT2D eigenvalue weighted by Gasteiger charge is 2.10. The fourth-order valence-corrected chi connectivity index (χ4v) is 1.91. The molecule has 19 heavy (non-hydrogen) atoms. The van der Waals surface area contributed by atoms with Crippen molar-refractivity contribution in [3.8, 4) is 16.9 Å². The first-order valence-corrected chi connectivity index (χ1v) is 6.09. The zero-order chi connectivity index (χ0) is 13.8. The Labute approximate surface area is 111 Å². The number of ether oxygens (including phenoxy) is 1. The van der Waals surface area contributed by atoms with Crippen molar-refractivity contribution in [2.75, 3.05) is 6.61 Å². The van der Waals surface area contributed by atoms with Gasteiger partial charge in [-0.05, 0) is 31.5 Å². The van der Waals surface area contributed by atoms with Crippen LogP contribution in [0.2, 0.25) is 0 Å². The molecule has 2 rings (SSSR count). The predicted octanol–water partition coefficient (Wildman–Crippen LogP) is 2.34. The van der Waals surface area contributed by atoms with Gasteiger partial charge in [-0.3, -0.25) is 9.48 Å². The van der Waals surface area contributed by atoms with E-state index in [4.69, 9.17) is 9.84 Å². The van der Waals surface area contributed by atoms with Crippen LogP contribution < -0.4 is 4.74 Å². The normalized spacial score (nSPS) is 10.4. The van der Waals surface area contributed by atoms with Crippen molar-refractivity contribution in [2.24, 2.45) is 0 Å². The standard InChI is InChI=1S/C14H16N2O3/c1-3-19-12-6-4-11(5-7-12)13-8-15-16(10(13)2)9-14(17)18/h4-8H,3,9H2,1-2H3,(H,17,18). The van der Waals surface area contributed by atoms with Gasteiger partial charge < -0.3 is 9.84 Å². The SMILES string of the molecule is CCOc1ccc(-c2cnn(CC(=O)O)c2C)cc1. The number of rotatable bonds is 5. The molecule has 0 saturated carbocycles. The van der Waals surface area contributed by atoms with Crippen LogP contribution >= 0.6 is 0 Å². The summed E-state index contributed by atoms with van der Waals surface area (Å²) in [5, 5.41) is 12.9. The summed E-state index contributed by atoms with van der Waals surface area (Å²) in [6.45, 7) is 4.31. The Bertz CT molecular complexity index is 573. The number of carboxylic acids is 1. The third-order valence-corrected chi connectivity index (χ3v) is 2.86. The Balaban J connectivity index is 2.26. The molecule has 0 spiro atoms. The smallest absolute Gasteiger partial charge is 0.325 e. The van der Waals surface area contributed by atoms with Gasteiger partial charge in [0, 0.05) is 11.3 Å². The number of hydrogen-bond acceptors (Lipinski definition) is 3. The third-order valence-electron chi connectivity index (χ3n) is 2.86. The van der Waals surface area contributed by atoms with Crippen LogP contribution in [-0.2, 0) is 11.3 Å². The zero-order valence-electron chi connectivity index (χ0n) is 11.0. The molecule has 0 aliphatic heterocycles. The van der Waals surface area contributed by atoms with Crippen molar-refractivity contribution in [3.05, 3.63) is 36.2 Å². The van der Waals surface area contributed by atoms with Crippen molar-refractivity contribution >= 4 is 5.97 Å². The Morgan fingerprint density at radius 2 is 2.05 bits per heavy atom. The molecule has 1 aromatic heterocycles. The molecule has 100 valence electrons. The number of carbonyl (C=O) groups is 1. The average molecular weight is 260 g/mol. The Kier molecular flexibility index (Phi) is 3.85. The average Bonchev–Trinajstić information content (AvgIpc) is 2.72. The summed E-state index contributed by atoms with van der Waals surface area (Å²) < 4.78 is 6.87. The maximum Gasteiger partial charge on any atom is 0.325 e. The summed E-state index contributed by atoms with van der Waals surface area (Å²) in [4.78, 5) is 10.7. The first kappa shape index (κ1) is 13.1. The van der Waals surface area contributed by atoms with Crippen LogP contribution in [0.1, 0.15) is 12.6 Å². The molecule has 0 atom stereocenters. The van der Waals surface area contributed by atoms with E-state index in [-0.39, 0.29) is 6.54 Å². The van der Waals surface area contributed by atoms with Gasteiger partial charge in [0.2, 0.25) is 0 Å². The number of benzene rings is 1. The van der Waals surface area contributed by atoms with E-state index in [0.717, 1.165) is 22.6 Å². The van der Waals surface area contributed by atoms with Gasteiger partial charge in [0.05, 0.1) is 12.8 Å². The fourth-order valence-electron chi connectivity index (χ4n) is 1.91. The molecule has 0 unspecified atom stereocenters. The molecule has 0 bridgehead atoms. The zero-order valence-corrected chi connectivity index (χ0v) is 11.0. The highest BCUT2D eigenvalue weighted by atomic mass is 16.5. The number of aromatic nitrogens is 2. The molecule has 5 heteroatoms. The lowest BCUT2D eigenvalue weighted by Gasteiger charge is -2.05. The van der Waals surface area contributed by atoms with Gasteiger partial charge in [-0.15, -0.1) is 0 Å². The topological polar surface area (TPSA) is 64.4 Å². The highest BCUT2D eigenvalue weighted by molar-refractivity contribution is 5.69. The number of carboxylic acid groups (broad SMARTS) is 1. The van der Waals surface area contributed by atoms with Gasteiger partial charge in [-0.1, -0.05) is 12.1 Å². The summed E-state index contributed by atoms with van der Waals surface area (Å²) in [5.41, 5.74) is 2.77. The molecule has 0 amide bonds. The van der Waals surface area contributed by atoms with Crippen LogP contribution in [0.3, 0.4) is 0 Å². The maximum atomic E-state index is 10.7. The van der Waals surface area contributed by atoms with Gasteiger partial charge in [-0.2, -0.15) is 5.10 Å². The second-order valence-corrected chi connectivity index (χ2v) is 4.15. The molecule has 1 heterocycles. The van der Waals surface area contributed by atoms with Crippen molar-refractivity contribution in [3.63, 3.8) is 0 Å². The van der Waals surface area contributed by atoms with Crippen LogP contribution in [0.15, 0.2) is 30.5 Å². The summed E-state index contributed by atoms with van der Waals surface area (Å²) in [6.07, 6.45) is 1.69. The molecule has 0 fully saturated rings. The first-order valence-electron chi connectivity index (χ1n) is 6.09. The minimum Gasteiger partial charge on any atom is -0.494 e. The molecule has 0 saturated heterocycles. The van der Waals surface area contributed by atoms with E-state index < -0.39 is 5.97 Å². The third kappa shape index (κ3) is 2.93. The predicted molar refractivity (Wildman–Crippen MR) is 71.2 cm³/mol. The Morgan fingerprint density at radius 3 is 2.63 bits per heavy atom. The fraction of sp³-hybridized carbons (Fsp3) is 0.286. The van der Waals surface area contributed by atoms with E-state index in [9.17, 15) is 4.79 Å². The van der Waals surface area contributed by atoms with E-state index >= 15 is 0 Å². The quantitative estimate of drug-likeness (QED) is 0.896. The second-order valence-electron chi connectivity index (χ2n) is 4.15. The van der Waals surface area contributed by atoms with Crippen LogP contribution in [-0.4, -0.2) is 27.5 Å². The van der Waals surface area contributed by atoms with Crippen molar-refractivity contribution in [2.45, 2.75) is 20.4 Å². The van der Waals surface area contributed by atoms with E-state index in [2.05, 4.69) is 5.10 Å². The van der Waals surface area contributed by atoms with Crippen LogP contribution in [0.25, 0.3) is 11.1 Å². The lowest BCUT2D eigenvalue weighted by molar-refractivity contribution is -0.137. The lowest BCUT2D eigenvalue weighted by atomic mass is 10.1. The van der Waals surface area contributed by atoms with Crippen LogP contribution in [0, 0.1) is 6.92 Å². The minimum absolute atomic E-state index is 0.122. The second kappa shape index (κ2) is 5.56. The highest BCUT2D eigenvalue weighted by Crippen LogP contribution is 2.25. The number of hydrogen-bond donors (Lipinski definition) is 1. The van der Waals surface area contributed by atoms with Gasteiger partial charge in [0.1, 0.15) is 12.3 Å². The maximum absolute atomic E-state index is 10.7. The molecule has 2 aromatic rings. The van der Waals surface area contributed by atoms with Crippen LogP contribution in [0.4, 0.5) is 0 Å². The Morgan fingerprint density at radius 1 is 1.37 bits per heavy atom. The number of aliphatic carboxylic acids is 1. The van der Waals surface area contributed by atoms with Gasteiger partial charge in [-0.25, -0.2) is 0 Å². The van der Waals surface area contributed by atoms with Crippen molar-refractivity contribution < 1.29 is 14.6 Å². The Hall–Kier alpha value is -2.30. The molecule has 1 aromatic carbocycles. The minimum atomic E-state index is -0.899. The van der Waals surface area contributed by atoms with Crippen LogP contribution in [0.5, 0.6) is 5.75 Å². The summed E-state index contributed by atoms with van der Waals surface area (Å²) in [6, 6.07) is 7.68. The molecule has 5 nitrogen and oxygen atoms in total. The monoisotopic (exact) mass is 260 g/mol. The first-order chi connectivity index (χ1) is 9.11. The van der Waals surface area contributed by atoms with Gasteiger partial charge in [0.15, 0.2) is 0 Å². The molecule has 0 radical (unpaired) electrons. The molecular formula is C14H16N2O3. The molecule has 0 aliphatic rings. The largest absolute Gasteiger partial charge is 0.494 e. The van der Waals surface area contributed by atoms with Crippen molar-refractivity contribution in [1.82, 2.24) is 9.78 Å². The van der Waals surface area contributed by atoms with E-state index in [1.165, 1.54) is 4.68 Å². The van der Waals surface area contributed by atoms with E-state index in [0.29, 0.717) is 6.61 Å². The van der Waals surface area contributed by atoms with Gasteiger partial charge >= 0.3 is 5.97 Å². The van der Waals surface area contributed by atoms with Gasteiger partial charge in [0.25, 0.3) is 0 Å². The number of nitrogens with zero attached hydrogens (tertiary/aromatic N) is 2. The van der Waals surface area contributed by atoms with E-state index in [1.54, 1.807) is 6.20 Å². The summed E-state index contributed by atoms with van der Waals surface area (Å²) in [7, 11) is 0. The molecular weight excluding hydrogens is 244 g/mol. The summed E-state index contributed by atoms with van der Waals surface area (Å²) >= 11 is 0. The van der Waals surface area contributed by atoms with Crippen molar-refractivity contribution in [1.29, 1.82) is 0 Å². The van der Waals surface area contributed by atoms with E-state index in [1.807, 2.05) is 38.1 Å². The molecule has 0 aliphatic carbocycles. The lowest BCUT2D eigenvalue weighted by Crippen LogP contribution is -2.11. The summed E-state index contributed by atoms with van der Waals surface area (Å²) in [5.74, 6) is -0.0775. The molecule has 1 N–H and O–H groups in total.